The molecule has 2 N–H and O–H groups in total. The van der Waals surface area contributed by atoms with Gasteiger partial charge >= 0.3 is 6.03 Å². The highest BCUT2D eigenvalue weighted by molar-refractivity contribution is 5.92. The molecule has 0 saturated carbocycles. The Hall–Kier alpha value is -2.05. The molecule has 6 nitrogen and oxygen atoms in total. The predicted molar refractivity (Wildman–Crippen MR) is 94.4 cm³/mol. The summed E-state index contributed by atoms with van der Waals surface area (Å²) in [7, 11) is 1.69. The van der Waals surface area contributed by atoms with Gasteiger partial charge in [-0.05, 0) is 45.0 Å². The first-order valence-corrected chi connectivity index (χ1v) is 8.31. The second-order valence-electron chi connectivity index (χ2n) is 6.64. The van der Waals surface area contributed by atoms with Gasteiger partial charge in [0.15, 0.2) is 0 Å². The van der Waals surface area contributed by atoms with Crippen molar-refractivity contribution in [2.75, 3.05) is 25.5 Å². The van der Waals surface area contributed by atoms with E-state index in [0.717, 1.165) is 35.5 Å². The van der Waals surface area contributed by atoms with Gasteiger partial charge in [-0.1, -0.05) is 0 Å². The topological polar surface area (TPSA) is 66.7 Å². The number of rotatable bonds is 4. The number of amides is 2. The molecule has 24 heavy (non-hydrogen) atoms. The van der Waals surface area contributed by atoms with Crippen LogP contribution < -0.4 is 10.6 Å². The normalized spacial score (nSPS) is 21.5. The number of nitrogens with one attached hydrogen (secondary N) is 2. The summed E-state index contributed by atoms with van der Waals surface area (Å²) in [6.07, 6.45) is 0.0113. The number of aryl methyl sites for hydroxylation is 1. The lowest BCUT2D eigenvalue weighted by Crippen LogP contribution is -2.45. The number of carbonyl (C=O) groups excluding carboxylic acids is 1. The maximum Gasteiger partial charge on any atom is 0.319 e. The van der Waals surface area contributed by atoms with Crippen LogP contribution in [0, 0.1) is 6.92 Å². The van der Waals surface area contributed by atoms with Crippen LogP contribution in [0.3, 0.4) is 0 Å². The van der Waals surface area contributed by atoms with E-state index in [1.54, 1.807) is 7.11 Å². The van der Waals surface area contributed by atoms with Crippen LogP contribution in [0.5, 0.6) is 0 Å². The van der Waals surface area contributed by atoms with Crippen molar-refractivity contribution in [3.63, 3.8) is 0 Å². The number of fused-ring (bicyclic) bond motifs is 1. The molecule has 0 spiro atoms. The van der Waals surface area contributed by atoms with Gasteiger partial charge < -0.3 is 19.8 Å². The van der Waals surface area contributed by atoms with E-state index in [2.05, 4.69) is 29.4 Å². The van der Waals surface area contributed by atoms with Crippen LogP contribution in [-0.4, -0.2) is 49.3 Å². The molecule has 1 fully saturated rings. The third-order valence-electron chi connectivity index (χ3n) is 4.54. The molecular formula is C18H25N3O3. The Labute approximate surface area is 142 Å². The maximum absolute atomic E-state index is 12.3. The highest BCUT2D eigenvalue weighted by atomic mass is 16.5. The minimum Gasteiger partial charge on any atom is -0.461 e. The van der Waals surface area contributed by atoms with Crippen LogP contribution >= 0.6 is 0 Å². The Kier molecular flexibility index (Phi) is 4.78. The van der Waals surface area contributed by atoms with Crippen molar-refractivity contribution in [1.29, 1.82) is 0 Å². The summed E-state index contributed by atoms with van der Waals surface area (Å²) in [6.45, 7) is 7.84. The lowest BCUT2D eigenvalue weighted by molar-refractivity contribution is 0.0896. The van der Waals surface area contributed by atoms with E-state index in [9.17, 15) is 4.79 Å². The molecular weight excluding hydrogens is 306 g/mol. The summed E-state index contributed by atoms with van der Waals surface area (Å²) in [5.74, 6) is 0.856. The highest BCUT2D eigenvalue weighted by Gasteiger charge is 2.34. The quantitative estimate of drug-likeness (QED) is 0.904. The van der Waals surface area contributed by atoms with Crippen LogP contribution in [0.2, 0.25) is 0 Å². The zero-order valence-corrected chi connectivity index (χ0v) is 14.6. The van der Waals surface area contributed by atoms with Crippen molar-refractivity contribution in [3.8, 4) is 0 Å². The minimum absolute atomic E-state index is 0.0113. The molecule has 0 radical (unpaired) electrons. The molecule has 2 amide bonds. The van der Waals surface area contributed by atoms with Gasteiger partial charge in [0.1, 0.15) is 11.3 Å². The maximum atomic E-state index is 12.3. The van der Waals surface area contributed by atoms with Gasteiger partial charge in [0.05, 0.1) is 12.1 Å². The van der Waals surface area contributed by atoms with Gasteiger partial charge in [-0.25, -0.2) is 4.79 Å². The van der Waals surface area contributed by atoms with Crippen LogP contribution in [0.25, 0.3) is 11.0 Å². The van der Waals surface area contributed by atoms with E-state index >= 15 is 0 Å². The molecule has 2 unspecified atom stereocenters. The molecule has 1 aliphatic heterocycles. The molecule has 1 aromatic heterocycles. The standard InChI is InChI=1S/C18H25N3O3/c1-11(2)21-9-15(17(10-21)23-4)20-18(22)19-14-5-6-16-13(8-14)7-12(3)24-16/h5-8,11,15,17H,9-10H2,1-4H3,(H2,19,20,22). The van der Waals surface area contributed by atoms with E-state index < -0.39 is 0 Å². The molecule has 130 valence electrons. The average Bonchev–Trinajstić information content (AvgIpc) is 3.09. The van der Waals surface area contributed by atoms with Crippen LogP contribution in [0.1, 0.15) is 19.6 Å². The summed E-state index contributed by atoms with van der Waals surface area (Å²) >= 11 is 0. The largest absolute Gasteiger partial charge is 0.461 e. The SMILES string of the molecule is COC1CN(C(C)C)CC1NC(=O)Nc1ccc2oc(C)cc2c1. The number of furan rings is 1. The van der Waals surface area contributed by atoms with E-state index in [1.807, 2.05) is 31.2 Å². The number of methoxy groups -OCH3 is 1. The van der Waals surface area contributed by atoms with Gasteiger partial charge in [-0.15, -0.1) is 0 Å². The van der Waals surface area contributed by atoms with Gasteiger partial charge in [-0.2, -0.15) is 0 Å². The molecule has 6 heteroatoms. The van der Waals surface area contributed by atoms with Gasteiger partial charge in [0.25, 0.3) is 0 Å². The molecule has 1 aromatic carbocycles. The lowest BCUT2D eigenvalue weighted by Gasteiger charge is -2.20. The van der Waals surface area contributed by atoms with Crippen molar-refractivity contribution in [2.24, 2.45) is 0 Å². The second-order valence-corrected chi connectivity index (χ2v) is 6.64. The van der Waals surface area contributed by atoms with Crippen molar-refractivity contribution in [3.05, 3.63) is 30.0 Å². The summed E-state index contributed by atoms with van der Waals surface area (Å²) in [4.78, 5) is 14.6. The molecule has 1 saturated heterocycles. The summed E-state index contributed by atoms with van der Waals surface area (Å²) < 4.78 is 11.1. The molecule has 2 atom stereocenters. The Bertz CT molecular complexity index is 725. The Morgan fingerprint density at radius 1 is 1.33 bits per heavy atom. The predicted octanol–water partition coefficient (Wildman–Crippen LogP) is 2.97. The number of ether oxygens (including phenoxy) is 1. The summed E-state index contributed by atoms with van der Waals surface area (Å²) in [5, 5.41) is 6.90. The summed E-state index contributed by atoms with van der Waals surface area (Å²) in [5.41, 5.74) is 1.56. The van der Waals surface area contributed by atoms with E-state index in [4.69, 9.17) is 9.15 Å². The number of nitrogens with zero attached hydrogens (tertiary/aromatic N) is 1. The Morgan fingerprint density at radius 2 is 2.12 bits per heavy atom. The molecule has 2 heterocycles. The number of urea groups is 1. The number of hydrogen-bond donors (Lipinski definition) is 2. The number of carbonyl (C=O) groups is 1. The molecule has 3 rings (SSSR count). The van der Waals surface area contributed by atoms with E-state index in [1.165, 1.54) is 0 Å². The third kappa shape index (κ3) is 3.55. The third-order valence-corrected chi connectivity index (χ3v) is 4.54. The highest BCUT2D eigenvalue weighted by Crippen LogP contribution is 2.23. The van der Waals surface area contributed by atoms with E-state index in [-0.39, 0.29) is 18.2 Å². The smallest absolute Gasteiger partial charge is 0.319 e. The van der Waals surface area contributed by atoms with Crippen LogP contribution in [0.4, 0.5) is 10.5 Å². The lowest BCUT2D eigenvalue weighted by atomic mass is 10.2. The van der Waals surface area contributed by atoms with Crippen molar-refractivity contribution in [2.45, 2.75) is 39.0 Å². The first kappa shape index (κ1) is 16.8. The van der Waals surface area contributed by atoms with Crippen LogP contribution in [-0.2, 0) is 4.74 Å². The molecule has 0 bridgehead atoms. The van der Waals surface area contributed by atoms with Crippen molar-refractivity contribution in [1.82, 2.24) is 10.2 Å². The van der Waals surface area contributed by atoms with Crippen LogP contribution in [0.15, 0.2) is 28.7 Å². The zero-order chi connectivity index (χ0) is 17.3. The fourth-order valence-corrected chi connectivity index (χ4v) is 3.19. The van der Waals surface area contributed by atoms with Gasteiger partial charge in [-0.3, -0.25) is 4.90 Å². The first-order valence-electron chi connectivity index (χ1n) is 8.31. The first-order chi connectivity index (χ1) is 11.5. The number of likely N-dealkylation sites (tertiary alicyclic amines) is 1. The molecule has 0 aliphatic carbocycles. The number of benzene rings is 1. The Balaban J connectivity index is 1.63. The second kappa shape index (κ2) is 6.83. The van der Waals surface area contributed by atoms with E-state index in [0.29, 0.717) is 6.04 Å². The fraction of sp³-hybridized carbons (Fsp3) is 0.500. The van der Waals surface area contributed by atoms with Gasteiger partial charge in [0, 0.05) is 37.3 Å². The number of hydrogen-bond acceptors (Lipinski definition) is 4. The molecule has 2 aromatic rings. The summed E-state index contributed by atoms with van der Waals surface area (Å²) in [6, 6.07) is 7.78. The zero-order valence-electron chi connectivity index (χ0n) is 14.6. The fourth-order valence-electron chi connectivity index (χ4n) is 3.19. The average molecular weight is 331 g/mol. The van der Waals surface area contributed by atoms with Crippen molar-refractivity contribution < 1.29 is 13.9 Å². The number of anilines is 1. The van der Waals surface area contributed by atoms with Crippen molar-refractivity contribution >= 4 is 22.7 Å². The van der Waals surface area contributed by atoms with Gasteiger partial charge in [0.2, 0.25) is 0 Å². The Morgan fingerprint density at radius 3 is 2.83 bits per heavy atom. The minimum atomic E-state index is -0.216. The molecule has 1 aliphatic rings. The monoisotopic (exact) mass is 331 g/mol.